The molecule has 3 rings (SSSR count). The number of nitrogens with zero attached hydrogens (tertiary/aromatic N) is 1. The van der Waals surface area contributed by atoms with Gasteiger partial charge in [-0.25, -0.2) is 12.7 Å². The van der Waals surface area contributed by atoms with Crippen LogP contribution in [-0.2, 0) is 10.0 Å². The molecule has 2 aliphatic heterocycles. The van der Waals surface area contributed by atoms with Crippen LogP contribution >= 0.6 is 0 Å². The number of piperidine rings is 1. The SMILES string of the molecule is C[C@@H]1C[C@@H](C)CN(S(=O)(=O)CCNC(=O)c2ccc3c(c2)OCO3)C1. The summed E-state index contributed by atoms with van der Waals surface area (Å²) in [5.41, 5.74) is 0.418. The van der Waals surface area contributed by atoms with Crippen molar-refractivity contribution in [2.75, 3.05) is 32.2 Å². The molecule has 0 spiro atoms. The number of ether oxygens (including phenoxy) is 2. The Kier molecular flexibility index (Phi) is 5.19. The number of rotatable bonds is 5. The van der Waals surface area contributed by atoms with Gasteiger partial charge in [-0.3, -0.25) is 4.79 Å². The van der Waals surface area contributed by atoms with Crippen molar-refractivity contribution >= 4 is 15.9 Å². The average Bonchev–Trinajstić information content (AvgIpc) is 3.01. The van der Waals surface area contributed by atoms with E-state index in [0.29, 0.717) is 42.0 Å². The Hall–Kier alpha value is -1.80. The average molecular weight is 368 g/mol. The van der Waals surface area contributed by atoms with Crippen molar-refractivity contribution < 1.29 is 22.7 Å². The van der Waals surface area contributed by atoms with E-state index in [1.54, 1.807) is 22.5 Å². The van der Waals surface area contributed by atoms with E-state index in [-0.39, 0.29) is 25.0 Å². The maximum Gasteiger partial charge on any atom is 0.251 e. The summed E-state index contributed by atoms with van der Waals surface area (Å²) in [6, 6.07) is 4.90. The van der Waals surface area contributed by atoms with Gasteiger partial charge in [-0.15, -0.1) is 0 Å². The van der Waals surface area contributed by atoms with E-state index in [1.165, 1.54) is 0 Å². The van der Waals surface area contributed by atoms with E-state index in [0.717, 1.165) is 6.42 Å². The molecule has 1 saturated heterocycles. The Balaban J connectivity index is 1.54. The minimum Gasteiger partial charge on any atom is -0.454 e. The Labute approximate surface area is 148 Å². The molecule has 0 unspecified atom stereocenters. The first-order chi connectivity index (χ1) is 11.8. The van der Waals surface area contributed by atoms with Crippen molar-refractivity contribution in [1.82, 2.24) is 9.62 Å². The summed E-state index contributed by atoms with van der Waals surface area (Å²) in [6.07, 6.45) is 1.05. The predicted octanol–water partition coefficient (Wildman–Crippen LogP) is 1.45. The summed E-state index contributed by atoms with van der Waals surface area (Å²) in [7, 11) is -3.36. The van der Waals surface area contributed by atoms with E-state index in [1.807, 2.05) is 0 Å². The fraction of sp³-hybridized carbons (Fsp3) is 0.588. The monoisotopic (exact) mass is 368 g/mol. The molecule has 2 atom stereocenters. The summed E-state index contributed by atoms with van der Waals surface area (Å²) in [5.74, 6) is 1.43. The van der Waals surface area contributed by atoms with Gasteiger partial charge >= 0.3 is 0 Å². The Morgan fingerprint density at radius 1 is 1.20 bits per heavy atom. The molecule has 0 bridgehead atoms. The minimum absolute atomic E-state index is 0.0782. The number of hydrogen-bond acceptors (Lipinski definition) is 5. The molecule has 7 nitrogen and oxygen atoms in total. The second-order valence-corrected chi connectivity index (χ2v) is 8.99. The minimum atomic E-state index is -3.36. The van der Waals surface area contributed by atoms with Gasteiger partial charge in [0.05, 0.1) is 5.75 Å². The van der Waals surface area contributed by atoms with Crippen LogP contribution in [0.4, 0.5) is 0 Å². The third-order valence-corrected chi connectivity index (χ3v) is 6.31. The predicted molar refractivity (Wildman–Crippen MR) is 93.2 cm³/mol. The molecule has 0 aromatic heterocycles. The van der Waals surface area contributed by atoms with E-state index in [2.05, 4.69) is 19.2 Å². The summed E-state index contributed by atoms with van der Waals surface area (Å²) < 4.78 is 37.0. The second-order valence-electron chi connectivity index (χ2n) is 6.90. The first kappa shape index (κ1) is 18.0. The first-order valence-electron chi connectivity index (χ1n) is 8.51. The highest BCUT2D eigenvalue weighted by Crippen LogP contribution is 2.32. The zero-order chi connectivity index (χ0) is 18.0. The van der Waals surface area contributed by atoms with Gasteiger partial charge < -0.3 is 14.8 Å². The third kappa shape index (κ3) is 4.24. The Morgan fingerprint density at radius 3 is 2.60 bits per heavy atom. The highest BCUT2D eigenvalue weighted by molar-refractivity contribution is 7.89. The maximum atomic E-state index is 12.5. The Bertz CT molecular complexity index is 739. The number of amides is 1. The third-order valence-electron chi connectivity index (χ3n) is 4.51. The van der Waals surface area contributed by atoms with Crippen molar-refractivity contribution in [2.45, 2.75) is 20.3 Å². The van der Waals surface area contributed by atoms with Crippen LogP contribution in [0.2, 0.25) is 0 Å². The number of nitrogens with one attached hydrogen (secondary N) is 1. The molecule has 1 aromatic carbocycles. The maximum absolute atomic E-state index is 12.5. The molecule has 1 amide bonds. The summed E-state index contributed by atoms with van der Waals surface area (Å²) in [4.78, 5) is 12.2. The lowest BCUT2D eigenvalue weighted by atomic mass is 9.94. The van der Waals surface area contributed by atoms with Crippen molar-refractivity contribution in [3.8, 4) is 11.5 Å². The highest BCUT2D eigenvalue weighted by atomic mass is 32.2. The topological polar surface area (TPSA) is 84.9 Å². The molecule has 1 N–H and O–H groups in total. The van der Waals surface area contributed by atoms with Gasteiger partial charge in [-0.2, -0.15) is 0 Å². The lowest BCUT2D eigenvalue weighted by molar-refractivity contribution is 0.0955. The molecule has 0 radical (unpaired) electrons. The van der Waals surface area contributed by atoms with Gasteiger partial charge in [0, 0.05) is 25.2 Å². The molecular weight excluding hydrogens is 344 g/mol. The first-order valence-corrected chi connectivity index (χ1v) is 10.1. The molecule has 1 aromatic rings. The lowest BCUT2D eigenvalue weighted by Gasteiger charge is -2.34. The zero-order valence-corrected chi connectivity index (χ0v) is 15.3. The van der Waals surface area contributed by atoms with Crippen molar-refractivity contribution in [3.05, 3.63) is 23.8 Å². The smallest absolute Gasteiger partial charge is 0.251 e. The van der Waals surface area contributed by atoms with E-state index < -0.39 is 10.0 Å². The van der Waals surface area contributed by atoms with Crippen molar-refractivity contribution in [3.63, 3.8) is 0 Å². The van der Waals surface area contributed by atoms with E-state index in [9.17, 15) is 13.2 Å². The van der Waals surface area contributed by atoms with E-state index in [4.69, 9.17) is 9.47 Å². The lowest BCUT2D eigenvalue weighted by Crippen LogP contribution is -2.45. The van der Waals surface area contributed by atoms with Crippen molar-refractivity contribution in [2.24, 2.45) is 11.8 Å². The van der Waals surface area contributed by atoms with Crippen LogP contribution in [-0.4, -0.2) is 50.8 Å². The summed E-state index contributed by atoms with van der Waals surface area (Å²) in [5, 5.41) is 2.67. The molecular formula is C17H24N2O5S. The molecule has 0 saturated carbocycles. The molecule has 0 aliphatic carbocycles. The van der Waals surface area contributed by atoms with Crippen LogP contribution in [0.15, 0.2) is 18.2 Å². The van der Waals surface area contributed by atoms with Gasteiger partial charge in [-0.1, -0.05) is 13.8 Å². The summed E-state index contributed by atoms with van der Waals surface area (Å²) in [6.45, 7) is 5.48. The molecule has 1 fully saturated rings. The largest absolute Gasteiger partial charge is 0.454 e. The molecule has 8 heteroatoms. The van der Waals surface area contributed by atoms with Gasteiger partial charge in [0.15, 0.2) is 11.5 Å². The quantitative estimate of drug-likeness (QED) is 0.850. The van der Waals surface area contributed by atoms with Gasteiger partial charge in [0.25, 0.3) is 5.91 Å². The highest BCUT2D eigenvalue weighted by Gasteiger charge is 2.30. The van der Waals surface area contributed by atoms with Gasteiger partial charge in [-0.05, 0) is 36.5 Å². The normalized spacial score (nSPS) is 23.4. The number of sulfonamides is 1. The molecule has 138 valence electrons. The number of carbonyl (C=O) groups is 1. The molecule has 25 heavy (non-hydrogen) atoms. The fourth-order valence-corrected chi connectivity index (χ4v) is 4.98. The molecule has 2 aliphatic rings. The van der Waals surface area contributed by atoms with Crippen LogP contribution < -0.4 is 14.8 Å². The fourth-order valence-electron chi connectivity index (χ4n) is 3.40. The number of fused-ring (bicyclic) bond motifs is 1. The van der Waals surface area contributed by atoms with Crippen molar-refractivity contribution in [1.29, 1.82) is 0 Å². The number of carbonyl (C=O) groups excluding carboxylic acids is 1. The summed E-state index contributed by atoms with van der Waals surface area (Å²) >= 11 is 0. The van der Waals surface area contributed by atoms with Crippen LogP contribution in [0.1, 0.15) is 30.6 Å². The van der Waals surface area contributed by atoms with Gasteiger partial charge in [0.2, 0.25) is 16.8 Å². The second kappa shape index (κ2) is 7.21. The van der Waals surface area contributed by atoms with Crippen LogP contribution in [0.5, 0.6) is 11.5 Å². The zero-order valence-electron chi connectivity index (χ0n) is 14.5. The Morgan fingerprint density at radius 2 is 1.88 bits per heavy atom. The van der Waals surface area contributed by atoms with Gasteiger partial charge in [0.1, 0.15) is 0 Å². The molecule has 2 heterocycles. The number of benzene rings is 1. The van der Waals surface area contributed by atoms with E-state index >= 15 is 0 Å². The van der Waals surface area contributed by atoms with Crippen LogP contribution in [0, 0.1) is 11.8 Å². The standard InChI is InChI=1S/C17H24N2O5S/c1-12-7-13(2)10-19(9-12)25(21,22)6-5-18-17(20)14-3-4-15-16(8-14)24-11-23-15/h3-4,8,12-13H,5-7,9-11H2,1-2H3,(H,18,20)/t12-,13-/m1/s1. The number of hydrogen-bond donors (Lipinski definition) is 1. The van der Waals surface area contributed by atoms with Crippen LogP contribution in [0.3, 0.4) is 0 Å². The van der Waals surface area contributed by atoms with Crippen LogP contribution in [0.25, 0.3) is 0 Å².